The lowest BCUT2D eigenvalue weighted by molar-refractivity contribution is -0.136. The molecule has 1 fully saturated rings. The van der Waals surface area contributed by atoms with Crippen molar-refractivity contribution in [2.75, 3.05) is 10.5 Å². The lowest BCUT2D eigenvalue weighted by atomic mass is 9.79. The Labute approximate surface area is 166 Å². The van der Waals surface area contributed by atoms with Crippen LogP contribution in [0.3, 0.4) is 0 Å². The Morgan fingerprint density at radius 2 is 1.74 bits per heavy atom. The number of carboxylic acids is 1. The maximum Gasteiger partial charge on any atom is 0.303 e. The van der Waals surface area contributed by atoms with E-state index in [4.69, 9.17) is 16.7 Å². The molecule has 0 bridgehead atoms. The molecule has 1 aromatic rings. The van der Waals surface area contributed by atoms with Gasteiger partial charge in [-0.15, -0.1) is 0 Å². The van der Waals surface area contributed by atoms with Gasteiger partial charge in [0.1, 0.15) is 0 Å². The van der Waals surface area contributed by atoms with E-state index in [2.05, 4.69) is 4.72 Å². The van der Waals surface area contributed by atoms with Gasteiger partial charge in [0.05, 0.1) is 5.75 Å². The number of sulfonamides is 1. The Kier molecular flexibility index (Phi) is 8.17. The lowest BCUT2D eigenvalue weighted by Crippen LogP contribution is -2.24. The van der Waals surface area contributed by atoms with Crippen LogP contribution in [0.5, 0.6) is 0 Å². The van der Waals surface area contributed by atoms with Gasteiger partial charge in [-0.05, 0) is 68.2 Å². The molecule has 150 valence electrons. The topological polar surface area (TPSA) is 83.5 Å². The van der Waals surface area contributed by atoms with Crippen LogP contribution in [-0.4, -0.2) is 25.2 Å². The van der Waals surface area contributed by atoms with Crippen LogP contribution in [0.25, 0.3) is 0 Å². The largest absolute Gasteiger partial charge is 0.481 e. The summed E-state index contributed by atoms with van der Waals surface area (Å²) in [6.45, 7) is 0. The Hall–Kier alpha value is -1.53. The van der Waals surface area contributed by atoms with Gasteiger partial charge in [-0.25, -0.2) is 8.42 Å². The maximum atomic E-state index is 12.4. The van der Waals surface area contributed by atoms with Crippen LogP contribution >= 0.6 is 11.6 Å². The molecule has 0 unspecified atom stereocenters. The smallest absolute Gasteiger partial charge is 0.303 e. The highest BCUT2D eigenvalue weighted by Gasteiger charge is 2.34. The molecule has 0 amide bonds. The first kappa shape index (κ1) is 21.8. The summed E-state index contributed by atoms with van der Waals surface area (Å²) >= 11 is 5.83. The first-order valence-electron chi connectivity index (χ1n) is 9.43. The first-order valence-corrected chi connectivity index (χ1v) is 11.5. The summed E-state index contributed by atoms with van der Waals surface area (Å²) in [4.78, 5) is 10.5. The minimum Gasteiger partial charge on any atom is -0.481 e. The minimum atomic E-state index is -3.40. The van der Waals surface area contributed by atoms with E-state index in [0.29, 0.717) is 23.6 Å². The highest BCUT2D eigenvalue weighted by molar-refractivity contribution is 7.92. The normalized spacial score (nSPS) is 16.6. The molecule has 7 heteroatoms. The Balaban J connectivity index is 1.85. The number of rotatable bonds is 11. The summed E-state index contributed by atoms with van der Waals surface area (Å²) < 4.78 is 27.5. The zero-order valence-corrected chi connectivity index (χ0v) is 17.1. The predicted octanol–water partition coefficient (Wildman–Crippen LogP) is 5.23. The van der Waals surface area contributed by atoms with Gasteiger partial charge in [-0.3, -0.25) is 9.52 Å². The van der Waals surface area contributed by atoms with Gasteiger partial charge < -0.3 is 5.11 Å². The number of hydrogen-bond acceptors (Lipinski definition) is 3. The predicted molar refractivity (Wildman–Crippen MR) is 110 cm³/mol. The molecule has 1 saturated carbocycles. The van der Waals surface area contributed by atoms with E-state index in [1.165, 1.54) is 0 Å². The third kappa shape index (κ3) is 7.93. The van der Waals surface area contributed by atoms with Gasteiger partial charge in [0, 0.05) is 17.1 Å². The van der Waals surface area contributed by atoms with Crippen LogP contribution < -0.4 is 4.72 Å². The highest BCUT2D eigenvalue weighted by atomic mass is 35.5. The SMILES string of the molecule is O=C(O)CC/C=C\CCC1(CCS(=O)(=O)Nc2ccc(Cl)cc2)CCCC1. The van der Waals surface area contributed by atoms with Crippen molar-refractivity contribution in [1.82, 2.24) is 0 Å². The maximum absolute atomic E-state index is 12.4. The van der Waals surface area contributed by atoms with E-state index in [1.807, 2.05) is 12.2 Å². The second-order valence-electron chi connectivity index (χ2n) is 7.33. The average Bonchev–Trinajstić information content (AvgIpc) is 3.07. The van der Waals surface area contributed by atoms with Crippen LogP contribution in [0.2, 0.25) is 5.02 Å². The number of carbonyl (C=O) groups is 1. The number of nitrogens with one attached hydrogen (secondary N) is 1. The number of carboxylic acid groups (broad SMARTS) is 1. The van der Waals surface area contributed by atoms with Crippen molar-refractivity contribution in [3.63, 3.8) is 0 Å². The van der Waals surface area contributed by atoms with Crippen LogP contribution in [0.4, 0.5) is 5.69 Å². The van der Waals surface area contributed by atoms with Gasteiger partial charge in [-0.1, -0.05) is 36.6 Å². The Bertz CT molecular complexity index is 738. The number of hydrogen-bond donors (Lipinski definition) is 2. The van der Waals surface area contributed by atoms with Gasteiger partial charge in [0.2, 0.25) is 10.0 Å². The number of aliphatic carboxylic acids is 1. The molecule has 0 heterocycles. The Morgan fingerprint density at radius 3 is 2.37 bits per heavy atom. The number of halogens is 1. The van der Waals surface area contributed by atoms with Crippen molar-refractivity contribution in [2.24, 2.45) is 5.41 Å². The van der Waals surface area contributed by atoms with E-state index in [9.17, 15) is 13.2 Å². The van der Waals surface area contributed by atoms with E-state index >= 15 is 0 Å². The molecule has 0 aromatic heterocycles. The summed E-state index contributed by atoms with van der Waals surface area (Å²) in [5, 5.41) is 9.21. The summed E-state index contributed by atoms with van der Waals surface area (Å²) in [6, 6.07) is 6.64. The summed E-state index contributed by atoms with van der Waals surface area (Å²) in [7, 11) is -3.40. The third-order valence-electron chi connectivity index (χ3n) is 5.22. The molecular formula is C20H28ClNO4S. The molecule has 1 aromatic carbocycles. The van der Waals surface area contributed by atoms with Crippen LogP contribution in [0.1, 0.15) is 57.8 Å². The fourth-order valence-electron chi connectivity index (χ4n) is 3.68. The van der Waals surface area contributed by atoms with E-state index in [1.54, 1.807) is 24.3 Å². The number of benzene rings is 1. The van der Waals surface area contributed by atoms with Gasteiger partial charge in [-0.2, -0.15) is 0 Å². The molecule has 2 rings (SSSR count). The second kappa shape index (κ2) is 10.1. The van der Waals surface area contributed by atoms with E-state index < -0.39 is 16.0 Å². The van der Waals surface area contributed by atoms with Gasteiger partial charge in [0.15, 0.2) is 0 Å². The van der Waals surface area contributed by atoms with Crippen LogP contribution in [0, 0.1) is 5.41 Å². The lowest BCUT2D eigenvalue weighted by Gasteiger charge is -2.28. The molecule has 0 radical (unpaired) electrons. The molecule has 1 aliphatic carbocycles. The monoisotopic (exact) mass is 413 g/mol. The minimum absolute atomic E-state index is 0.0753. The van der Waals surface area contributed by atoms with Crippen LogP contribution in [0.15, 0.2) is 36.4 Å². The number of anilines is 1. The zero-order chi connectivity index (χ0) is 19.8. The van der Waals surface area contributed by atoms with Crippen molar-refractivity contribution in [2.45, 2.75) is 57.8 Å². The van der Waals surface area contributed by atoms with E-state index in [-0.39, 0.29) is 17.6 Å². The van der Waals surface area contributed by atoms with Crippen molar-refractivity contribution in [3.05, 3.63) is 41.4 Å². The molecule has 5 nitrogen and oxygen atoms in total. The molecule has 0 atom stereocenters. The fraction of sp³-hybridized carbons (Fsp3) is 0.550. The van der Waals surface area contributed by atoms with Crippen molar-refractivity contribution >= 4 is 33.3 Å². The average molecular weight is 414 g/mol. The highest BCUT2D eigenvalue weighted by Crippen LogP contribution is 2.45. The molecule has 0 spiro atoms. The number of allylic oxidation sites excluding steroid dienone is 2. The first-order chi connectivity index (χ1) is 12.8. The molecule has 0 aliphatic heterocycles. The van der Waals surface area contributed by atoms with Crippen molar-refractivity contribution < 1.29 is 18.3 Å². The molecule has 2 N–H and O–H groups in total. The molecule has 0 saturated heterocycles. The van der Waals surface area contributed by atoms with Gasteiger partial charge in [0.25, 0.3) is 0 Å². The molecular weight excluding hydrogens is 386 g/mol. The van der Waals surface area contributed by atoms with Gasteiger partial charge >= 0.3 is 5.97 Å². The molecule has 27 heavy (non-hydrogen) atoms. The van der Waals surface area contributed by atoms with Crippen molar-refractivity contribution in [3.8, 4) is 0 Å². The fourth-order valence-corrected chi connectivity index (χ4v) is 5.11. The van der Waals surface area contributed by atoms with Crippen LogP contribution in [-0.2, 0) is 14.8 Å². The standard InChI is InChI=1S/C20H28ClNO4S/c21-17-8-10-18(11-9-17)22-27(25,26)16-15-20(13-5-6-14-20)12-4-2-1-3-7-19(23)24/h1-2,8-11,22H,3-7,12-16H2,(H,23,24)/b2-1-. The second-order valence-corrected chi connectivity index (χ2v) is 9.61. The van der Waals surface area contributed by atoms with Crippen molar-refractivity contribution in [1.29, 1.82) is 0 Å². The molecule has 1 aliphatic rings. The van der Waals surface area contributed by atoms with E-state index in [0.717, 1.165) is 38.5 Å². The Morgan fingerprint density at radius 1 is 1.11 bits per heavy atom. The third-order valence-corrected chi connectivity index (χ3v) is 6.76. The quantitative estimate of drug-likeness (QED) is 0.486. The zero-order valence-electron chi connectivity index (χ0n) is 15.5. The summed E-state index contributed by atoms with van der Waals surface area (Å²) in [5.41, 5.74) is 0.604. The summed E-state index contributed by atoms with van der Waals surface area (Å²) in [5.74, 6) is -0.677. The summed E-state index contributed by atoms with van der Waals surface area (Å²) in [6.07, 6.45) is 11.5.